The van der Waals surface area contributed by atoms with Crippen molar-refractivity contribution in [1.29, 1.82) is 0 Å². The number of ether oxygens (including phenoxy) is 1. The summed E-state index contributed by atoms with van der Waals surface area (Å²) in [7, 11) is 1.77. The predicted molar refractivity (Wildman–Crippen MR) is 67.1 cm³/mol. The van der Waals surface area contributed by atoms with Crippen molar-refractivity contribution in [3.63, 3.8) is 0 Å². The third-order valence-corrected chi connectivity index (χ3v) is 3.50. The maximum absolute atomic E-state index is 5.10. The molecule has 1 nitrogen and oxygen atoms in total. The summed E-state index contributed by atoms with van der Waals surface area (Å²) in [6.45, 7) is 5.41. The van der Waals surface area contributed by atoms with Crippen molar-refractivity contribution < 1.29 is 4.74 Å². The molecule has 86 valence electrons. The third-order valence-electron chi connectivity index (χ3n) is 2.78. The maximum atomic E-state index is 5.10. The quantitative estimate of drug-likeness (QED) is 0.562. The van der Waals surface area contributed by atoms with E-state index in [2.05, 4.69) is 29.8 Å². The number of hydrogen-bond acceptors (Lipinski definition) is 1. The Morgan fingerprint density at radius 2 is 1.86 bits per heavy atom. The van der Waals surface area contributed by atoms with Crippen molar-refractivity contribution in [2.45, 2.75) is 57.2 Å². The van der Waals surface area contributed by atoms with E-state index in [4.69, 9.17) is 4.74 Å². The van der Waals surface area contributed by atoms with Gasteiger partial charge in [-0.2, -0.15) is 0 Å². The first-order valence-corrected chi connectivity index (χ1v) is 6.79. The summed E-state index contributed by atoms with van der Waals surface area (Å²) >= 11 is 3.64. The van der Waals surface area contributed by atoms with E-state index in [-0.39, 0.29) is 0 Å². The number of methoxy groups -OCH3 is 1. The van der Waals surface area contributed by atoms with Crippen molar-refractivity contribution >= 4 is 15.9 Å². The summed E-state index contributed by atoms with van der Waals surface area (Å²) in [4.78, 5) is 0.545. The SMILES string of the molecule is CCCCC(CC)CCC(Br)COC. The van der Waals surface area contributed by atoms with Crippen LogP contribution in [-0.2, 0) is 4.74 Å². The molecule has 0 saturated heterocycles. The Hall–Kier alpha value is 0.440. The standard InChI is InChI=1S/C12H25BrO/c1-4-6-7-11(5-2)8-9-12(13)10-14-3/h11-12H,4-10H2,1-3H3. The zero-order chi connectivity index (χ0) is 10.8. The molecule has 0 saturated carbocycles. The molecule has 0 bridgehead atoms. The second kappa shape index (κ2) is 9.97. The van der Waals surface area contributed by atoms with Crippen LogP contribution in [0.3, 0.4) is 0 Å². The average Bonchev–Trinajstić information content (AvgIpc) is 2.19. The molecule has 0 aromatic heterocycles. The first kappa shape index (κ1) is 14.4. The lowest BCUT2D eigenvalue weighted by atomic mass is 9.94. The molecule has 0 fully saturated rings. The van der Waals surface area contributed by atoms with Gasteiger partial charge in [-0.25, -0.2) is 0 Å². The highest BCUT2D eigenvalue weighted by atomic mass is 79.9. The van der Waals surface area contributed by atoms with Crippen LogP contribution in [0.2, 0.25) is 0 Å². The van der Waals surface area contributed by atoms with Crippen LogP contribution in [0.15, 0.2) is 0 Å². The van der Waals surface area contributed by atoms with Gasteiger partial charge in [0, 0.05) is 11.9 Å². The van der Waals surface area contributed by atoms with Gasteiger partial charge in [0.25, 0.3) is 0 Å². The van der Waals surface area contributed by atoms with Crippen LogP contribution in [0.25, 0.3) is 0 Å². The summed E-state index contributed by atoms with van der Waals surface area (Å²) in [6.07, 6.45) is 8.03. The largest absolute Gasteiger partial charge is 0.384 e. The van der Waals surface area contributed by atoms with E-state index in [1.807, 2.05) is 0 Å². The Morgan fingerprint density at radius 3 is 2.36 bits per heavy atom. The van der Waals surface area contributed by atoms with Crippen molar-refractivity contribution in [1.82, 2.24) is 0 Å². The molecule has 0 aromatic carbocycles. The molecule has 0 aliphatic rings. The minimum absolute atomic E-state index is 0.545. The number of alkyl halides is 1. The lowest BCUT2D eigenvalue weighted by molar-refractivity contribution is 0.195. The monoisotopic (exact) mass is 264 g/mol. The molecule has 0 N–H and O–H groups in total. The smallest absolute Gasteiger partial charge is 0.0587 e. The fourth-order valence-electron chi connectivity index (χ4n) is 1.73. The van der Waals surface area contributed by atoms with E-state index < -0.39 is 0 Å². The van der Waals surface area contributed by atoms with Gasteiger partial charge in [-0.1, -0.05) is 55.5 Å². The summed E-state index contributed by atoms with van der Waals surface area (Å²) < 4.78 is 5.10. The molecule has 0 amide bonds. The van der Waals surface area contributed by atoms with Crippen LogP contribution in [0.5, 0.6) is 0 Å². The van der Waals surface area contributed by atoms with Crippen molar-refractivity contribution in [3.05, 3.63) is 0 Å². The molecule has 0 spiro atoms. The first-order valence-electron chi connectivity index (χ1n) is 5.87. The molecule has 0 aliphatic heterocycles. The van der Waals surface area contributed by atoms with Gasteiger partial charge >= 0.3 is 0 Å². The van der Waals surface area contributed by atoms with Gasteiger partial charge in [-0.15, -0.1) is 0 Å². The molecule has 0 radical (unpaired) electrons. The Bertz CT molecular complexity index is 117. The molecule has 0 aliphatic carbocycles. The molecule has 0 aromatic rings. The van der Waals surface area contributed by atoms with Crippen molar-refractivity contribution in [2.75, 3.05) is 13.7 Å². The highest BCUT2D eigenvalue weighted by Gasteiger charge is 2.09. The van der Waals surface area contributed by atoms with Gasteiger partial charge in [0.05, 0.1) is 6.61 Å². The van der Waals surface area contributed by atoms with Gasteiger partial charge in [0.1, 0.15) is 0 Å². The van der Waals surface area contributed by atoms with Crippen LogP contribution in [0, 0.1) is 5.92 Å². The second-order valence-corrected chi connectivity index (χ2v) is 5.34. The number of hydrogen-bond donors (Lipinski definition) is 0. The molecule has 0 rings (SSSR count). The van der Waals surface area contributed by atoms with Crippen LogP contribution < -0.4 is 0 Å². The predicted octanol–water partition coefficient (Wildman–Crippen LogP) is 4.39. The minimum atomic E-state index is 0.545. The van der Waals surface area contributed by atoms with E-state index in [0.29, 0.717) is 4.83 Å². The molecule has 2 atom stereocenters. The molecule has 2 unspecified atom stereocenters. The van der Waals surface area contributed by atoms with E-state index in [0.717, 1.165) is 12.5 Å². The van der Waals surface area contributed by atoms with Crippen LogP contribution >= 0.6 is 15.9 Å². The van der Waals surface area contributed by atoms with Crippen LogP contribution in [-0.4, -0.2) is 18.5 Å². The minimum Gasteiger partial charge on any atom is -0.384 e. The van der Waals surface area contributed by atoms with E-state index in [1.54, 1.807) is 7.11 Å². The van der Waals surface area contributed by atoms with E-state index >= 15 is 0 Å². The summed E-state index contributed by atoms with van der Waals surface area (Å²) in [5.41, 5.74) is 0. The van der Waals surface area contributed by atoms with Crippen LogP contribution in [0.4, 0.5) is 0 Å². The lowest BCUT2D eigenvalue weighted by Crippen LogP contribution is -2.09. The molecular weight excluding hydrogens is 240 g/mol. The molecule has 14 heavy (non-hydrogen) atoms. The van der Waals surface area contributed by atoms with Gasteiger partial charge in [-0.05, 0) is 18.8 Å². The molecule has 0 heterocycles. The van der Waals surface area contributed by atoms with E-state index in [1.165, 1.54) is 38.5 Å². The third kappa shape index (κ3) is 7.81. The van der Waals surface area contributed by atoms with E-state index in [9.17, 15) is 0 Å². The second-order valence-electron chi connectivity index (χ2n) is 4.05. The number of unbranched alkanes of at least 4 members (excludes halogenated alkanes) is 1. The maximum Gasteiger partial charge on any atom is 0.0587 e. The highest BCUT2D eigenvalue weighted by molar-refractivity contribution is 9.09. The van der Waals surface area contributed by atoms with Crippen molar-refractivity contribution in [3.8, 4) is 0 Å². The van der Waals surface area contributed by atoms with Gasteiger partial charge in [0.15, 0.2) is 0 Å². The first-order chi connectivity index (χ1) is 6.74. The Morgan fingerprint density at radius 1 is 1.14 bits per heavy atom. The van der Waals surface area contributed by atoms with Crippen molar-refractivity contribution in [2.24, 2.45) is 5.92 Å². The molecular formula is C12H25BrO. The lowest BCUT2D eigenvalue weighted by Gasteiger charge is -2.16. The average molecular weight is 265 g/mol. The number of rotatable bonds is 9. The fraction of sp³-hybridized carbons (Fsp3) is 1.00. The summed E-state index contributed by atoms with van der Waals surface area (Å²) in [5.74, 6) is 0.923. The zero-order valence-corrected chi connectivity index (χ0v) is 11.5. The summed E-state index contributed by atoms with van der Waals surface area (Å²) in [6, 6.07) is 0. The zero-order valence-electron chi connectivity index (χ0n) is 9.89. The molecule has 2 heteroatoms. The Balaban J connectivity index is 3.50. The summed E-state index contributed by atoms with van der Waals surface area (Å²) in [5, 5.41) is 0. The Labute approximate surface area is 97.7 Å². The van der Waals surface area contributed by atoms with Gasteiger partial charge < -0.3 is 4.74 Å². The van der Waals surface area contributed by atoms with Crippen LogP contribution in [0.1, 0.15) is 52.4 Å². The number of halogens is 1. The Kier molecular flexibility index (Phi) is 10.3. The van der Waals surface area contributed by atoms with Gasteiger partial charge in [-0.3, -0.25) is 0 Å². The fourth-order valence-corrected chi connectivity index (χ4v) is 2.25. The highest BCUT2D eigenvalue weighted by Crippen LogP contribution is 2.21. The normalized spacial score (nSPS) is 15.4. The van der Waals surface area contributed by atoms with Gasteiger partial charge in [0.2, 0.25) is 0 Å². The topological polar surface area (TPSA) is 9.23 Å².